The van der Waals surface area contributed by atoms with Crippen LogP contribution in [0.25, 0.3) is 0 Å². The number of hydrogen-bond donors (Lipinski definition) is 2. The highest BCUT2D eigenvalue weighted by atomic mass is 16.4. The largest absolute Gasteiger partial charge is 0.474 e. The van der Waals surface area contributed by atoms with Crippen molar-refractivity contribution in [3.05, 3.63) is 0 Å². The molecular formula is C9H12N2O4. The summed E-state index contributed by atoms with van der Waals surface area (Å²) in [6.45, 7) is 0.809. The van der Waals surface area contributed by atoms with Crippen LogP contribution in [0.4, 0.5) is 0 Å². The van der Waals surface area contributed by atoms with Crippen LogP contribution in [0.5, 0.6) is 0 Å². The molecule has 2 rings (SSSR count). The number of carboxylic acid groups (broad SMARTS) is 1. The van der Waals surface area contributed by atoms with E-state index in [-0.39, 0.29) is 17.9 Å². The molecule has 2 unspecified atom stereocenters. The fraction of sp³-hybridized carbons (Fsp3) is 0.667. The number of carbonyl (C=O) groups excluding carboxylic acids is 2. The average molecular weight is 212 g/mol. The summed E-state index contributed by atoms with van der Waals surface area (Å²) in [6.07, 6.45) is 1.42. The van der Waals surface area contributed by atoms with Crippen molar-refractivity contribution in [2.45, 2.75) is 18.9 Å². The van der Waals surface area contributed by atoms with Crippen molar-refractivity contribution in [1.82, 2.24) is 10.2 Å². The van der Waals surface area contributed by atoms with E-state index >= 15 is 0 Å². The van der Waals surface area contributed by atoms with Crippen LogP contribution in [0.3, 0.4) is 0 Å². The Kier molecular flexibility index (Phi) is 2.34. The highest BCUT2D eigenvalue weighted by Gasteiger charge is 2.43. The second-order valence-corrected chi connectivity index (χ2v) is 3.86. The van der Waals surface area contributed by atoms with Crippen LogP contribution < -0.4 is 5.32 Å². The number of carbonyl (C=O) groups is 3. The molecule has 0 aromatic heterocycles. The second kappa shape index (κ2) is 3.52. The number of rotatable bonds is 0. The minimum atomic E-state index is -1.45. The number of carboxylic acids is 1. The number of nitrogens with zero attached hydrogens (tertiary/aromatic N) is 1. The maximum atomic E-state index is 11.4. The molecule has 0 radical (unpaired) electrons. The molecule has 0 aromatic rings. The molecule has 0 saturated carbocycles. The third-order valence-electron chi connectivity index (χ3n) is 3.04. The van der Waals surface area contributed by atoms with Crippen molar-refractivity contribution in [2.24, 2.45) is 5.92 Å². The molecule has 2 aliphatic heterocycles. The van der Waals surface area contributed by atoms with Crippen LogP contribution in [-0.4, -0.2) is 46.9 Å². The Balaban J connectivity index is 2.16. The van der Waals surface area contributed by atoms with Gasteiger partial charge in [0, 0.05) is 13.1 Å². The summed E-state index contributed by atoms with van der Waals surface area (Å²) in [5.41, 5.74) is 0. The van der Waals surface area contributed by atoms with Crippen LogP contribution in [0.2, 0.25) is 0 Å². The normalized spacial score (nSPS) is 29.6. The van der Waals surface area contributed by atoms with Gasteiger partial charge in [-0.2, -0.15) is 0 Å². The Bertz CT molecular complexity index is 328. The van der Waals surface area contributed by atoms with Gasteiger partial charge in [0.2, 0.25) is 5.91 Å². The number of fused-ring (bicyclic) bond motifs is 1. The van der Waals surface area contributed by atoms with E-state index in [0.717, 1.165) is 6.42 Å². The third kappa shape index (κ3) is 1.55. The van der Waals surface area contributed by atoms with Crippen LogP contribution >= 0.6 is 0 Å². The lowest BCUT2D eigenvalue weighted by Gasteiger charge is -2.34. The van der Waals surface area contributed by atoms with Gasteiger partial charge >= 0.3 is 11.9 Å². The summed E-state index contributed by atoms with van der Waals surface area (Å²) >= 11 is 0. The van der Waals surface area contributed by atoms with Crippen molar-refractivity contribution in [1.29, 1.82) is 0 Å². The van der Waals surface area contributed by atoms with Crippen molar-refractivity contribution in [2.75, 3.05) is 13.1 Å². The van der Waals surface area contributed by atoms with Crippen molar-refractivity contribution < 1.29 is 19.5 Å². The second-order valence-electron chi connectivity index (χ2n) is 3.86. The maximum Gasteiger partial charge on any atom is 0.394 e. The van der Waals surface area contributed by atoms with E-state index in [1.165, 1.54) is 4.90 Å². The van der Waals surface area contributed by atoms with Gasteiger partial charge in [-0.25, -0.2) is 4.79 Å². The summed E-state index contributed by atoms with van der Waals surface area (Å²) in [7, 11) is 0. The van der Waals surface area contributed by atoms with Gasteiger partial charge in [0.1, 0.15) is 0 Å². The quantitative estimate of drug-likeness (QED) is 0.494. The Labute approximate surface area is 86.2 Å². The smallest absolute Gasteiger partial charge is 0.394 e. The molecule has 2 amide bonds. The number of hydrogen-bond acceptors (Lipinski definition) is 3. The molecule has 82 valence electrons. The lowest BCUT2D eigenvalue weighted by atomic mass is 9.91. The Morgan fingerprint density at radius 2 is 2.20 bits per heavy atom. The van der Waals surface area contributed by atoms with E-state index in [4.69, 9.17) is 5.11 Å². The standard InChI is InChI=1S/C9H12N2O4/c12-7-5-2-1-3-11(6(5)4-10-7)8(13)9(14)15/h5-6H,1-4H2,(H,10,12)(H,14,15). The number of piperidine rings is 1. The molecular weight excluding hydrogens is 200 g/mol. The van der Waals surface area contributed by atoms with Crippen molar-refractivity contribution in [3.63, 3.8) is 0 Å². The van der Waals surface area contributed by atoms with Crippen LogP contribution in [0.15, 0.2) is 0 Å². The highest BCUT2D eigenvalue weighted by Crippen LogP contribution is 2.27. The molecule has 0 aliphatic carbocycles. The molecule has 2 N–H and O–H groups in total. The van der Waals surface area contributed by atoms with Gasteiger partial charge in [-0.1, -0.05) is 0 Å². The van der Waals surface area contributed by atoms with Crippen molar-refractivity contribution in [3.8, 4) is 0 Å². The maximum absolute atomic E-state index is 11.4. The number of likely N-dealkylation sites (tertiary alicyclic amines) is 1. The summed E-state index contributed by atoms with van der Waals surface area (Å²) < 4.78 is 0. The molecule has 2 heterocycles. The molecule has 0 spiro atoms. The predicted octanol–water partition coefficient (Wildman–Crippen LogP) is -1.19. The van der Waals surface area contributed by atoms with E-state index < -0.39 is 11.9 Å². The van der Waals surface area contributed by atoms with Gasteiger partial charge < -0.3 is 15.3 Å². The van der Waals surface area contributed by atoms with Gasteiger partial charge in [-0.3, -0.25) is 9.59 Å². The van der Waals surface area contributed by atoms with Gasteiger partial charge in [0.05, 0.1) is 12.0 Å². The molecule has 0 aromatic carbocycles. The molecule has 2 fully saturated rings. The van der Waals surface area contributed by atoms with E-state index in [1.807, 2.05) is 0 Å². The van der Waals surface area contributed by atoms with Crippen LogP contribution in [-0.2, 0) is 14.4 Å². The van der Waals surface area contributed by atoms with E-state index in [9.17, 15) is 14.4 Å². The summed E-state index contributed by atoms with van der Waals surface area (Å²) in [6, 6.07) is -0.269. The van der Waals surface area contributed by atoms with Gasteiger partial charge in [-0.05, 0) is 12.8 Å². The Morgan fingerprint density at radius 3 is 2.87 bits per heavy atom. The van der Waals surface area contributed by atoms with Crippen LogP contribution in [0, 0.1) is 5.92 Å². The van der Waals surface area contributed by atoms with Crippen molar-refractivity contribution >= 4 is 17.8 Å². The Morgan fingerprint density at radius 1 is 1.47 bits per heavy atom. The lowest BCUT2D eigenvalue weighted by Crippen LogP contribution is -2.51. The lowest BCUT2D eigenvalue weighted by molar-refractivity contribution is -0.158. The fourth-order valence-corrected chi connectivity index (χ4v) is 2.33. The molecule has 15 heavy (non-hydrogen) atoms. The topological polar surface area (TPSA) is 86.7 Å². The first-order chi connectivity index (χ1) is 7.11. The summed E-state index contributed by atoms with van der Waals surface area (Å²) in [5.74, 6) is -2.64. The number of nitrogens with one attached hydrogen (secondary N) is 1. The fourth-order valence-electron chi connectivity index (χ4n) is 2.33. The minimum absolute atomic E-state index is 0.0668. The number of amides is 2. The van der Waals surface area contributed by atoms with E-state index in [1.54, 1.807) is 0 Å². The van der Waals surface area contributed by atoms with Gasteiger partial charge in [0.15, 0.2) is 0 Å². The first kappa shape index (κ1) is 9.95. The zero-order valence-corrected chi connectivity index (χ0v) is 8.10. The minimum Gasteiger partial charge on any atom is -0.474 e. The van der Waals surface area contributed by atoms with E-state index in [0.29, 0.717) is 19.5 Å². The average Bonchev–Trinajstić information content (AvgIpc) is 2.59. The number of aliphatic carboxylic acids is 1. The molecule has 6 nitrogen and oxygen atoms in total. The summed E-state index contributed by atoms with van der Waals surface area (Å²) in [4.78, 5) is 34.6. The first-order valence-electron chi connectivity index (χ1n) is 4.93. The SMILES string of the molecule is O=C(O)C(=O)N1CCCC2C(=O)NCC21. The first-order valence-corrected chi connectivity index (χ1v) is 4.93. The third-order valence-corrected chi connectivity index (χ3v) is 3.04. The zero-order valence-electron chi connectivity index (χ0n) is 8.10. The van der Waals surface area contributed by atoms with E-state index in [2.05, 4.69) is 5.32 Å². The molecule has 2 aliphatic rings. The zero-order chi connectivity index (χ0) is 11.0. The van der Waals surface area contributed by atoms with Gasteiger partial charge in [0.25, 0.3) is 0 Å². The van der Waals surface area contributed by atoms with Gasteiger partial charge in [-0.15, -0.1) is 0 Å². The monoisotopic (exact) mass is 212 g/mol. The van der Waals surface area contributed by atoms with Crippen LogP contribution in [0.1, 0.15) is 12.8 Å². The highest BCUT2D eigenvalue weighted by molar-refractivity contribution is 6.31. The predicted molar refractivity (Wildman–Crippen MR) is 48.9 cm³/mol. The molecule has 2 atom stereocenters. The summed E-state index contributed by atoms with van der Waals surface area (Å²) in [5, 5.41) is 11.3. The molecule has 0 bridgehead atoms. The molecule has 6 heteroatoms. The Hall–Kier alpha value is -1.59. The molecule has 2 saturated heterocycles.